The molecule has 0 radical (unpaired) electrons. The summed E-state index contributed by atoms with van der Waals surface area (Å²) in [6.07, 6.45) is 0. The van der Waals surface area contributed by atoms with Crippen LogP contribution in [0.1, 0.15) is 10.4 Å². The van der Waals surface area contributed by atoms with Crippen molar-refractivity contribution in [1.82, 2.24) is 0 Å². The van der Waals surface area contributed by atoms with Gasteiger partial charge in [0.25, 0.3) is 0 Å². The molecule has 0 saturated heterocycles. The Balaban J connectivity index is 1.88. The number of hydrogen-bond donors (Lipinski definition) is 0. The van der Waals surface area contributed by atoms with E-state index in [1.165, 1.54) is 23.9 Å². The Morgan fingerprint density at radius 1 is 0.917 bits per heavy atom. The van der Waals surface area contributed by atoms with Crippen LogP contribution in [-0.2, 0) is 9.53 Å². The minimum absolute atomic E-state index is 0.00335. The summed E-state index contributed by atoms with van der Waals surface area (Å²) in [4.78, 5) is 24.5. The average molecular weight is 424 g/mol. The Kier molecular flexibility index (Phi) is 7.26. The standard InChI is InChI=1S/C16H10Cl4O3S/c17-9-1-3-12(19)11(5-9)14(21)7-23-16(22)8-24-15-6-10(18)2-4-13(15)20/h1-6H,7-8H2. The topological polar surface area (TPSA) is 43.4 Å². The Morgan fingerprint density at radius 3 is 2.25 bits per heavy atom. The number of rotatable bonds is 6. The van der Waals surface area contributed by atoms with Gasteiger partial charge in [-0.15, -0.1) is 11.8 Å². The molecule has 0 fully saturated rings. The molecule has 2 aromatic rings. The predicted octanol–water partition coefficient (Wildman–Crippen LogP) is 5.82. The summed E-state index contributed by atoms with van der Waals surface area (Å²) in [7, 11) is 0. The third kappa shape index (κ3) is 5.57. The maximum Gasteiger partial charge on any atom is 0.316 e. The highest BCUT2D eigenvalue weighted by molar-refractivity contribution is 8.00. The van der Waals surface area contributed by atoms with E-state index in [9.17, 15) is 9.59 Å². The first-order valence-electron chi connectivity index (χ1n) is 6.58. The van der Waals surface area contributed by atoms with Crippen molar-refractivity contribution in [3.8, 4) is 0 Å². The van der Waals surface area contributed by atoms with Gasteiger partial charge in [-0.05, 0) is 36.4 Å². The summed E-state index contributed by atoms with van der Waals surface area (Å²) < 4.78 is 4.96. The second kappa shape index (κ2) is 8.97. The number of benzene rings is 2. The normalized spacial score (nSPS) is 10.5. The van der Waals surface area contributed by atoms with E-state index in [0.717, 1.165) is 0 Å². The van der Waals surface area contributed by atoms with Gasteiger partial charge in [-0.3, -0.25) is 9.59 Å². The third-order valence-corrected chi connectivity index (χ3v) is 5.10. The monoisotopic (exact) mass is 422 g/mol. The number of Topliss-reactive ketones (excluding diaryl/α,β-unsaturated/α-hetero) is 1. The number of carbonyl (C=O) groups excluding carboxylic acids is 2. The highest BCUT2D eigenvalue weighted by atomic mass is 35.5. The lowest BCUT2D eigenvalue weighted by Crippen LogP contribution is -2.15. The molecule has 0 spiro atoms. The van der Waals surface area contributed by atoms with Crippen LogP contribution in [0.25, 0.3) is 0 Å². The lowest BCUT2D eigenvalue weighted by atomic mass is 10.1. The van der Waals surface area contributed by atoms with Gasteiger partial charge in [0.05, 0.1) is 15.8 Å². The second-order valence-corrected chi connectivity index (χ2v) is 7.28. The van der Waals surface area contributed by atoms with Crippen LogP contribution in [-0.4, -0.2) is 24.1 Å². The predicted molar refractivity (Wildman–Crippen MR) is 98.9 cm³/mol. The van der Waals surface area contributed by atoms with Gasteiger partial charge in [-0.25, -0.2) is 0 Å². The molecule has 0 saturated carbocycles. The van der Waals surface area contributed by atoms with Crippen molar-refractivity contribution in [2.24, 2.45) is 0 Å². The molecular formula is C16H10Cl4O3S. The summed E-state index contributed by atoms with van der Waals surface area (Å²) in [5.74, 6) is -0.986. The second-order valence-electron chi connectivity index (χ2n) is 4.57. The minimum atomic E-state index is -0.553. The number of ether oxygens (including phenoxy) is 1. The van der Waals surface area contributed by atoms with Crippen LogP contribution < -0.4 is 0 Å². The first-order valence-corrected chi connectivity index (χ1v) is 9.08. The molecule has 0 heterocycles. The number of carbonyl (C=O) groups is 2. The molecule has 0 unspecified atom stereocenters. The number of thioether (sulfide) groups is 1. The van der Waals surface area contributed by atoms with E-state index < -0.39 is 18.4 Å². The lowest BCUT2D eigenvalue weighted by molar-refractivity contribution is -0.139. The highest BCUT2D eigenvalue weighted by Crippen LogP contribution is 2.29. The van der Waals surface area contributed by atoms with Gasteiger partial charge in [0.1, 0.15) is 0 Å². The molecule has 2 aromatic carbocycles. The fourth-order valence-electron chi connectivity index (χ4n) is 1.70. The molecule has 0 aromatic heterocycles. The Hall–Kier alpha value is -0.910. The first kappa shape index (κ1) is 19.4. The molecule has 3 nitrogen and oxygen atoms in total. The Morgan fingerprint density at radius 2 is 1.54 bits per heavy atom. The fourth-order valence-corrected chi connectivity index (χ4v) is 3.39. The van der Waals surface area contributed by atoms with Crippen LogP contribution in [0.15, 0.2) is 41.3 Å². The smallest absolute Gasteiger partial charge is 0.316 e. The van der Waals surface area contributed by atoms with Gasteiger partial charge in [-0.1, -0.05) is 46.4 Å². The maximum absolute atomic E-state index is 12.0. The lowest BCUT2D eigenvalue weighted by Gasteiger charge is -2.07. The van der Waals surface area contributed by atoms with E-state index in [-0.39, 0.29) is 16.3 Å². The van der Waals surface area contributed by atoms with E-state index in [1.54, 1.807) is 24.3 Å². The zero-order valence-corrected chi connectivity index (χ0v) is 15.9. The summed E-state index contributed by atoms with van der Waals surface area (Å²) in [5, 5.41) is 1.63. The molecule has 126 valence electrons. The number of halogens is 4. The van der Waals surface area contributed by atoms with Crippen LogP contribution in [0.3, 0.4) is 0 Å². The van der Waals surface area contributed by atoms with Gasteiger partial charge >= 0.3 is 5.97 Å². The summed E-state index contributed by atoms with van der Waals surface area (Å²) >= 11 is 24.8. The van der Waals surface area contributed by atoms with E-state index in [2.05, 4.69) is 0 Å². The molecule has 0 aliphatic carbocycles. The van der Waals surface area contributed by atoms with E-state index >= 15 is 0 Å². The summed E-state index contributed by atoms with van der Waals surface area (Å²) in [6.45, 7) is -0.414. The molecule has 0 aliphatic heterocycles. The van der Waals surface area contributed by atoms with Crippen LogP contribution in [0.2, 0.25) is 20.1 Å². The minimum Gasteiger partial charge on any atom is -0.457 e. The highest BCUT2D eigenvalue weighted by Gasteiger charge is 2.14. The first-order chi connectivity index (χ1) is 11.4. The largest absolute Gasteiger partial charge is 0.457 e. The van der Waals surface area contributed by atoms with Gasteiger partial charge in [0.2, 0.25) is 5.78 Å². The van der Waals surface area contributed by atoms with Gasteiger partial charge in [0, 0.05) is 20.5 Å². The quantitative estimate of drug-likeness (QED) is 0.333. The van der Waals surface area contributed by atoms with Crippen molar-refractivity contribution >= 4 is 69.9 Å². The molecule has 0 aliphatic rings. The van der Waals surface area contributed by atoms with E-state index in [1.807, 2.05) is 0 Å². The van der Waals surface area contributed by atoms with Crippen molar-refractivity contribution in [2.45, 2.75) is 4.90 Å². The molecule has 2 rings (SSSR count). The van der Waals surface area contributed by atoms with Crippen molar-refractivity contribution in [2.75, 3.05) is 12.4 Å². The summed E-state index contributed by atoms with van der Waals surface area (Å²) in [6, 6.07) is 9.45. The van der Waals surface area contributed by atoms with Crippen LogP contribution >= 0.6 is 58.2 Å². The van der Waals surface area contributed by atoms with E-state index in [0.29, 0.717) is 20.0 Å². The molecule has 8 heteroatoms. The molecule has 24 heavy (non-hydrogen) atoms. The summed E-state index contributed by atoms with van der Waals surface area (Å²) in [5.41, 5.74) is 0.211. The molecule has 0 atom stereocenters. The SMILES string of the molecule is O=C(CSc1cc(Cl)ccc1Cl)OCC(=O)c1cc(Cl)ccc1Cl. The molecule has 0 amide bonds. The zero-order chi connectivity index (χ0) is 17.7. The van der Waals surface area contributed by atoms with Crippen molar-refractivity contribution < 1.29 is 14.3 Å². The van der Waals surface area contributed by atoms with Crippen LogP contribution in [0.5, 0.6) is 0 Å². The number of esters is 1. The van der Waals surface area contributed by atoms with Gasteiger partial charge < -0.3 is 4.74 Å². The Labute approximate surface area is 163 Å². The molecule has 0 N–H and O–H groups in total. The molecular weight excluding hydrogens is 414 g/mol. The zero-order valence-electron chi connectivity index (χ0n) is 12.0. The Bertz CT molecular complexity index is 780. The average Bonchev–Trinajstić information content (AvgIpc) is 2.55. The van der Waals surface area contributed by atoms with Crippen molar-refractivity contribution in [3.63, 3.8) is 0 Å². The fraction of sp³-hybridized carbons (Fsp3) is 0.125. The third-order valence-electron chi connectivity index (χ3n) is 2.83. The van der Waals surface area contributed by atoms with Gasteiger partial charge in [0.15, 0.2) is 6.61 Å². The molecule has 0 bridgehead atoms. The van der Waals surface area contributed by atoms with Crippen molar-refractivity contribution in [3.05, 3.63) is 62.1 Å². The maximum atomic E-state index is 12.0. The van der Waals surface area contributed by atoms with Gasteiger partial charge in [-0.2, -0.15) is 0 Å². The number of ketones is 1. The number of hydrogen-bond acceptors (Lipinski definition) is 4. The van der Waals surface area contributed by atoms with Crippen LogP contribution in [0.4, 0.5) is 0 Å². The van der Waals surface area contributed by atoms with Crippen molar-refractivity contribution in [1.29, 1.82) is 0 Å². The van der Waals surface area contributed by atoms with Crippen LogP contribution in [0, 0.1) is 0 Å². The van der Waals surface area contributed by atoms with E-state index in [4.69, 9.17) is 51.1 Å².